The van der Waals surface area contributed by atoms with E-state index in [1.807, 2.05) is 13.8 Å². The molecule has 8 nitrogen and oxygen atoms in total. The van der Waals surface area contributed by atoms with Crippen molar-refractivity contribution in [2.45, 2.75) is 66.2 Å². The Hall–Kier alpha value is -2.22. The Labute approximate surface area is 160 Å². The summed E-state index contributed by atoms with van der Waals surface area (Å²) in [6, 6.07) is -0.323. The number of nitrogens with zero attached hydrogens (tertiary/aromatic N) is 4. The van der Waals surface area contributed by atoms with Gasteiger partial charge in [0.05, 0.1) is 12.3 Å². The normalized spacial score (nSPS) is 19.9. The van der Waals surface area contributed by atoms with Crippen molar-refractivity contribution in [2.24, 2.45) is 5.92 Å². The van der Waals surface area contributed by atoms with Gasteiger partial charge in [0.1, 0.15) is 0 Å². The number of carbonyl (C=O) groups excluding carboxylic acids is 2. The summed E-state index contributed by atoms with van der Waals surface area (Å²) >= 11 is 0. The molecular formula is C19H31N5O3. The zero-order chi connectivity index (χ0) is 20.1. The van der Waals surface area contributed by atoms with Crippen molar-refractivity contribution in [1.82, 2.24) is 25.2 Å². The maximum absolute atomic E-state index is 12.5. The van der Waals surface area contributed by atoms with E-state index in [1.165, 1.54) is 0 Å². The number of hydrogen-bond donors (Lipinski definition) is 2. The lowest BCUT2D eigenvalue weighted by atomic mass is 10.0. The fraction of sp³-hybridized carbons (Fsp3) is 0.684. The molecule has 0 spiro atoms. The molecule has 2 heterocycles. The summed E-state index contributed by atoms with van der Waals surface area (Å²) in [6.07, 6.45) is 2.33. The van der Waals surface area contributed by atoms with Crippen LogP contribution in [0.2, 0.25) is 0 Å². The van der Waals surface area contributed by atoms with Gasteiger partial charge in [-0.1, -0.05) is 24.6 Å². The molecule has 27 heavy (non-hydrogen) atoms. The molecule has 1 aromatic heterocycles. The minimum absolute atomic E-state index is 0.104. The molecule has 2 atom stereocenters. The van der Waals surface area contributed by atoms with Gasteiger partial charge in [-0.05, 0) is 39.5 Å². The van der Waals surface area contributed by atoms with Gasteiger partial charge in [0.15, 0.2) is 5.69 Å². The van der Waals surface area contributed by atoms with Gasteiger partial charge in [-0.15, -0.1) is 5.10 Å². The third kappa shape index (κ3) is 5.89. The predicted molar refractivity (Wildman–Crippen MR) is 102 cm³/mol. The number of piperidine rings is 1. The van der Waals surface area contributed by atoms with Crippen molar-refractivity contribution in [3.05, 3.63) is 23.0 Å². The molecule has 0 radical (unpaired) electrons. The molecule has 2 amide bonds. The van der Waals surface area contributed by atoms with Gasteiger partial charge in [0.25, 0.3) is 5.91 Å². The number of allylic oxidation sites excluding steroid dienone is 1. The number of hydrogen-bond acceptors (Lipinski definition) is 5. The van der Waals surface area contributed by atoms with Crippen LogP contribution in [0.5, 0.6) is 0 Å². The maximum atomic E-state index is 12.5. The quantitative estimate of drug-likeness (QED) is 0.730. The number of aliphatic hydroxyl groups excluding tert-OH is 1. The van der Waals surface area contributed by atoms with Gasteiger partial charge in [-0.25, -0.2) is 0 Å². The Morgan fingerprint density at radius 3 is 2.63 bits per heavy atom. The minimum atomic E-state index is -0.667. The lowest BCUT2D eigenvalue weighted by molar-refractivity contribution is -0.130. The lowest BCUT2D eigenvalue weighted by Gasteiger charge is -2.36. The van der Waals surface area contributed by atoms with E-state index in [9.17, 15) is 14.7 Å². The number of aliphatic hydroxyl groups is 1. The Balaban J connectivity index is 1.98. The molecule has 2 unspecified atom stereocenters. The van der Waals surface area contributed by atoms with Gasteiger partial charge in [0, 0.05) is 31.2 Å². The third-order valence-corrected chi connectivity index (χ3v) is 4.83. The highest BCUT2D eigenvalue weighted by Crippen LogP contribution is 2.16. The van der Waals surface area contributed by atoms with E-state index in [0.717, 1.165) is 12.0 Å². The molecule has 1 aliphatic rings. The van der Waals surface area contributed by atoms with E-state index in [-0.39, 0.29) is 30.1 Å². The van der Waals surface area contributed by atoms with E-state index in [1.54, 1.807) is 22.7 Å². The molecule has 2 N–H and O–H groups in total. The second kappa shape index (κ2) is 9.12. The number of rotatable bonds is 6. The molecule has 150 valence electrons. The summed E-state index contributed by atoms with van der Waals surface area (Å²) in [5, 5.41) is 20.9. The van der Waals surface area contributed by atoms with Gasteiger partial charge in [-0.2, -0.15) is 0 Å². The van der Waals surface area contributed by atoms with Crippen molar-refractivity contribution in [2.75, 3.05) is 13.1 Å². The molecule has 1 aliphatic heterocycles. The number of aryl methyl sites for hydroxylation is 1. The van der Waals surface area contributed by atoms with E-state index in [2.05, 4.69) is 29.5 Å². The molecule has 0 saturated carbocycles. The van der Waals surface area contributed by atoms with Gasteiger partial charge in [-0.3, -0.25) is 14.3 Å². The SMILES string of the molecule is CC(C)=C(C)C(=O)N1CC(O)CC(NC(=O)c2cn(CCC(C)C)nn2)C1. The van der Waals surface area contributed by atoms with E-state index < -0.39 is 6.10 Å². The van der Waals surface area contributed by atoms with Crippen LogP contribution in [0, 0.1) is 5.92 Å². The minimum Gasteiger partial charge on any atom is -0.391 e. The Bertz CT molecular complexity index is 706. The largest absolute Gasteiger partial charge is 0.391 e. The summed E-state index contributed by atoms with van der Waals surface area (Å²) in [6.45, 7) is 11.2. The smallest absolute Gasteiger partial charge is 0.273 e. The first-order valence-corrected chi connectivity index (χ1v) is 9.49. The fourth-order valence-electron chi connectivity index (χ4n) is 2.96. The number of aromatic nitrogens is 3. The summed E-state index contributed by atoms with van der Waals surface area (Å²) in [5.74, 6) is 0.104. The summed E-state index contributed by atoms with van der Waals surface area (Å²) < 4.78 is 1.67. The molecule has 0 aromatic carbocycles. The van der Waals surface area contributed by atoms with Crippen LogP contribution in [0.15, 0.2) is 17.3 Å². The zero-order valence-corrected chi connectivity index (χ0v) is 16.9. The summed E-state index contributed by atoms with van der Waals surface area (Å²) in [7, 11) is 0. The Morgan fingerprint density at radius 2 is 2.00 bits per heavy atom. The van der Waals surface area contributed by atoms with Crippen LogP contribution in [0.1, 0.15) is 57.9 Å². The first kappa shape index (κ1) is 21.1. The Morgan fingerprint density at radius 1 is 1.30 bits per heavy atom. The average Bonchev–Trinajstić information content (AvgIpc) is 3.07. The van der Waals surface area contributed by atoms with Crippen LogP contribution < -0.4 is 5.32 Å². The van der Waals surface area contributed by atoms with Gasteiger partial charge < -0.3 is 15.3 Å². The van der Waals surface area contributed by atoms with Crippen LogP contribution in [0.25, 0.3) is 0 Å². The first-order chi connectivity index (χ1) is 12.7. The molecule has 2 rings (SSSR count). The first-order valence-electron chi connectivity index (χ1n) is 9.49. The number of β-amino-alcohol motifs (C(OH)–C–C–N with tert-alkyl or cyclic N) is 1. The lowest BCUT2D eigenvalue weighted by Crippen LogP contribution is -2.54. The monoisotopic (exact) mass is 377 g/mol. The highest BCUT2D eigenvalue weighted by atomic mass is 16.3. The van der Waals surface area contributed by atoms with Crippen molar-refractivity contribution >= 4 is 11.8 Å². The molecule has 8 heteroatoms. The highest BCUT2D eigenvalue weighted by molar-refractivity contribution is 5.94. The third-order valence-electron chi connectivity index (χ3n) is 4.83. The van der Waals surface area contributed by atoms with Crippen LogP contribution in [0.3, 0.4) is 0 Å². The van der Waals surface area contributed by atoms with E-state index in [0.29, 0.717) is 31.0 Å². The molecular weight excluding hydrogens is 346 g/mol. The highest BCUT2D eigenvalue weighted by Gasteiger charge is 2.31. The van der Waals surface area contributed by atoms with Crippen LogP contribution in [-0.4, -0.2) is 62.0 Å². The number of amides is 2. The molecule has 0 aliphatic carbocycles. The predicted octanol–water partition coefficient (Wildman–Crippen LogP) is 1.37. The topological polar surface area (TPSA) is 100 Å². The zero-order valence-electron chi connectivity index (χ0n) is 16.9. The van der Waals surface area contributed by atoms with Gasteiger partial charge >= 0.3 is 0 Å². The molecule has 0 bridgehead atoms. The van der Waals surface area contributed by atoms with E-state index >= 15 is 0 Å². The van der Waals surface area contributed by atoms with Crippen LogP contribution in [0.4, 0.5) is 0 Å². The molecule has 1 fully saturated rings. The second-order valence-electron chi connectivity index (χ2n) is 7.94. The summed E-state index contributed by atoms with van der Waals surface area (Å²) in [5.41, 5.74) is 1.86. The molecule has 1 saturated heterocycles. The number of nitrogens with one attached hydrogen (secondary N) is 1. The number of carbonyl (C=O) groups is 2. The van der Waals surface area contributed by atoms with E-state index in [4.69, 9.17) is 0 Å². The standard InChI is InChI=1S/C19H31N5O3/c1-12(2)6-7-24-11-17(21-22-24)18(26)20-15-8-16(25)10-23(9-15)19(27)14(5)13(3)4/h11-12,15-16,25H,6-10H2,1-5H3,(H,20,26). The summed E-state index contributed by atoms with van der Waals surface area (Å²) in [4.78, 5) is 26.6. The van der Waals surface area contributed by atoms with Crippen molar-refractivity contribution in [1.29, 1.82) is 0 Å². The maximum Gasteiger partial charge on any atom is 0.273 e. The Kier molecular flexibility index (Phi) is 7.12. The van der Waals surface area contributed by atoms with Crippen molar-refractivity contribution < 1.29 is 14.7 Å². The van der Waals surface area contributed by atoms with Crippen LogP contribution >= 0.6 is 0 Å². The van der Waals surface area contributed by atoms with Crippen LogP contribution in [-0.2, 0) is 11.3 Å². The number of likely N-dealkylation sites (tertiary alicyclic amines) is 1. The fourth-order valence-corrected chi connectivity index (χ4v) is 2.96. The van der Waals surface area contributed by atoms with Crippen molar-refractivity contribution in [3.63, 3.8) is 0 Å². The van der Waals surface area contributed by atoms with Crippen molar-refractivity contribution in [3.8, 4) is 0 Å². The second-order valence-corrected chi connectivity index (χ2v) is 7.94. The average molecular weight is 377 g/mol. The molecule has 1 aromatic rings. The van der Waals surface area contributed by atoms with Gasteiger partial charge in [0.2, 0.25) is 5.91 Å².